The lowest BCUT2D eigenvalue weighted by atomic mass is 10.2. The number of carboxylic acids is 1. The summed E-state index contributed by atoms with van der Waals surface area (Å²) in [6.45, 7) is 0.373. The summed E-state index contributed by atoms with van der Waals surface area (Å²) < 4.78 is 5.22. The smallest absolute Gasteiger partial charge is 0.354 e. The van der Waals surface area contributed by atoms with Crippen LogP contribution in [0.1, 0.15) is 16.2 Å². The molecule has 2 rings (SSSR count). The van der Waals surface area contributed by atoms with Crippen LogP contribution in [0.2, 0.25) is 5.02 Å². The molecule has 0 atom stereocenters. The highest BCUT2D eigenvalue weighted by atomic mass is 35.5. The van der Waals surface area contributed by atoms with Crippen LogP contribution in [0.15, 0.2) is 36.4 Å². The number of hydrogen-bond acceptors (Lipinski definition) is 4. The molecule has 2 N–H and O–H groups in total. The van der Waals surface area contributed by atoms with Crippen molar-refractivity contribution in [3.63, 3.8) is 0 Å². The molecule has 1 aromatic carbocycles. The van der Waals surface area contributed by atoms with Gasteiger partial charge in [0.15, 0.2) is 0 Å². The van der Waals surface area contributed by atoms with E-state index in [1.54, 1.807) is 37.4 Å². The van der Waals surface area contributed by atoms with Crippen LogP contribution in [-0.2, 0) is 6.54 Å². The van der Waals surface area contributed by atoms with E-state index in [0.29, 0.717) is 23.0 Å². The summed E-state index contributed by atoms with van der Waals surface area (Å²) in [5, 5.41) is 12.6. The normalized spacial score (nSPS) is 10.1. The molecule has 0 spiro atoms. The number of aromatic nitrogens is 1. The van der Waals surface area contributed by atoms with Gasteiger partial charge in [-0.1, -0.05) is 17.7 Å². The van der Waals surface area contributed by atoms with Crippen LogP contribution < -0.4 is 10.1 Å². The number of nitrogens with zero attached hydrogens (tertiary/aromatic N) is 1. The highest BCUT2D eigenvalue weighted by Gasteiger charge is 2.07. The van der Waals surface area contributed by atoms with Crippen LogP contribution in [0.5, 0.6) is 5.75 Å². The first-order valence-corrected chi connectivity index (χ1v) is 6.24. The predicted octanol–water partition coefficient (Wildman–Crippen LogP) is 3.05. The lowest BCUT2D eigenvalue weighted by Gasteiger charge is -2.11. The standard InChI is InChI=1S/C14H13ClN2O3/c1-20-13-6-5-9(15)7-12(13)16-8-10-3-2-4-11(17-10)14(18)19/h2-7,16H,8H2,1H3,(H,18,19). The van der Waals surface area contributed by atoms with Crippen molar-refractivity contribution in [2.45, 2.75) is 6.54 Å². The van der Waals surface area contributed by atoms with Crippen LogP contribution in [0.4, 0.5) is 5.69 Å². The predicted molar refractivity (Wildman–Crippen MR) is 76.5 cm³/mol. The fourth-order valence-electron chi connectivity index (χ4n) is 1.70. The van der Waals surface area contributed by atoms with Crippen molar-refractivity contribution < 1.29 is 14.6 Å². The molecular formula is C14H13ClN2O3. The Hall–Kier alpha value is -2.27. The Morgan fingerprint density at radius 3 is 2.90 bits per heavy atom. The minimum Gasteiger partial charge on any atom is -0.495 e. The molecule has 0 aliphatic rings. The van der Waals surface area contributed by atoms with Crippen LogP contribution in [0, 0.1) is 0 Å². The average molecular weight is 293 g/mol. The van der Waals surface area contributed by atoms with Gasteiger partial charge >= 0.3 is 5.97 Å². The summed E-state index contributed by atoms with van der Waals surface area (Å²) in [4.78, 5) is 14.9. The maximum Gasteiger partial charge on any atom is 0.354 e. The van der Waals surface area contributed by atoms with Gasteiger partial charge < -0.3 is 15.2 Å². The average Bonchev–Trinajstić information content (AvgIpc) is 2.45. The highest BCUT2D eigenvalue weighted by Crippen LogP contribution is 2.27. The first kappa shape index (κ1) is 14.1. The maximum atomic E-state index is 10.9. The maximum absolute atomic E-state index is 10.9. The molecule has 2 aromatic rings. The van der Waals surface area contributed by atoms with E-state index in [1.807, 2.05) is 0 Å². The van der Waals surface area contributed by atoms with Crippen LogP contribution in [0.25, 0.3) is 0 Å². The number of rotatable bonds is 5. The largest absolute Gasteiger partial charge is 0.495 e. The SMILES string of the molecule is COc1ccc(Cl)cc1NCc1cccc(C(=O)O)n1. The summed E-state index contributed by atoms with van der Waals surface area (Å²) in [6.07, 6.45) is 0. The fraction of sp³-hybridized carbons (Fsp3) is 0.143. The summed E-state index contributed by atoms with van der Waals surface area (Å²) >= 11 is 5.93. The van der Waals surface area contributed by atoms with Gasteiger partial charge in [-0.3, -0.25) is 0 Å². The van der Waals surface area contributed by atoms with Gasteiger partial charge in [-0.2, -0.15) is 0 Å². The quantitative estimate of drug-likeness (QED) is 0.886. The lowest BCUT2D eigenvalue weighted by Crippen LogP contribution is -2.07. The third-order valence-corrected chi connectivity index (χ3v) is 2.88. The third kappa shape index (κ3) is 3.39. The molecule has 5 nitrogen and oxygen atoms in total. The van der Waals surface area contributed by atoms with Gasteiger partial charge in [0, 0.05) is 5.02 Å². The summed E-state index contributed by atoms with van der Waals surface area (Å²) in [7, 11) is 1.57. The lowest BCUT2D eigenvalue weighted by molar-refractivity contribution is 0.0690. The molecule has 0 fully saturated rings. The van der Waals surface area contributed by atoms with Gasteiger partial charge in [0.25, 0.3) is 0 Å². The minimum absolute atomic E-state index is 0.0161. The van der Waals surface area contributed by atoms with Gasteiger partial charge in [0.05, 0.1) is 25.0 Å². The van der Waals surface area contributed by atoms with Gasteiger partial charge in [0.2, 0.25) is 0 Å². The molecule has 0 aliphatic heterocycles. The van der Waals surface area contributed by atoms with Crippen molar-refractivity contribution in [1.82, 2.24) is 4.98 Å². The zero-order valence-electron chi connectivity index (χ0n) is 10.8. The molecule has 1 aromatic heterocycles. The first-order valence-electron chi connectivity index (χ1n) is 5.87. The number of hydrogen-bond donors (Lipinski definition) is 2. The van der Waals surface area contributed by atoms with E-state index in [9.17, 15) is 4.79 Å². The van der Waals surface area contributed by atoms with Crippen molar-refractivity contribution in [3.8, 4) is 5.75 Å². The van der Waals surface area contributed by atoms with E-state index >= 15 is 0 Å². The van der Waals surface area contributed by atoms with Crippen molar-refractivity contribution in [2.75, 3.05) is 12.4 Å². The second-order valence-corrected chi connectivity index (χ2v) is 4.45. The van der Waals surface area contributed by atoms with Crippen molar-refractivity contribution in [3.05, 3.63) is 52.8 Å². The summed E-state index contributed by atoms with van der Waals surface area (Å²) in [5.74, 6) is -0.393. The number of anilines is 1. The van der Waals surface area contributed by atoms with E-state index in [2.05, 4.69) is 10.3 Å². The Kier molecular flexibility index (Phi) is 4.42. The zero-order chi connectivity index (χ0) is 14.5. The third-order valence-electron chi connectivity index (χ3n) is 2.65. The minimum atomic E-state index is -1.05. The number of carboxylic acid groups (broad SMARTS) is 1. The van der Waals surface area contributed by atoms with E-state index < -0.39 is 5.97 Å². The molecule has 0 aliphatic carbocycles. The van der Waals surface area contributed by atoms with Crippen molar-refractivity contribution in [2.24, 2.45) is 0 Å². The molecule has 1 heterocycles. The van der Waals surface area contributed by atoms with Crippen LogP contribution in [-0.4, -0.2) is 23.2 Å². The monoisotopic (exact) mass is 292 g/mol. The highest BCUT2D eigenvalue weighted by molar-refractivity contribution is 6.30. The Labute approximate surface area is 121 Å². The number of ether oxygens (including phenoxy) is 1. The number of pyridine rings is 1. The van der Waals surface area contributed by atoms with Crippen LogP contribution in [0.3, 0.4) is 0 Å². The number of carbonyl (C=O) groups is 1. The molecule has 0 saturated carbocycles. The number of methoxy groups -OCH3 is 1. The molecule has 20 heavy (non-hydrogen) atoms. The van der Waals surface area contributed by atoms with Gasteiger partial charge in [-0.05, 0) is 30.3 Å². The molecule has 0 saturated heterocycles. The molecule has 6 heteroatoms. The van der Waals surface area contributed by atoms with E-state index in [1.165, 1.54) is 6.07 Å². The van der Waals surface area contributed by atoms with Gasteiger partial charge in [0.1, 0.15) is 11.4 Å². The number of halogens is 1. The Morgan fingerprint density at radius 2 is 2.20 bits per heavy atom. The Balaban J connectivity index is 2.14. The summed E-state index contributed by atoms with van der Waals surface area (Å²) in [5.41, 5.74) is 1.36. The molecule has 0 bridgehead atoms. The first-order chi connectivity index (χ1) is 9.60. The summed E-state index contributed by atoms with van der Waals surface area (Å²) in [6, 6.07) is 10.1. The van der Waals surface area contributed by atoms with E-state index in [0.717, 1.165) is 5.69 Å². The number of nitrogens with one attached hydrogen (secondary N) is 1. The second kappa shape index (κ2) is 6.25. The van der Waals surface area contributed by atoms with Gasteiger partial charge in [-0.25, -0.2) is 9.78 Å². The number of benzene rings is 1. The topological polar surface area (TPSA) is 71.5 Å². The second-order valence-electron chi connectivity index (χ2n) is 4.02. The molecule has 0 amide bonds. The zero-order valence-corrected chi connectivity index (χ0v) is 11.5. The Morgan fingerprint density at radius 1 is 1.40 bits per heavy atom. The molecule has 104 valence electrons. The van der Waals surface area contributed by atoms with Crippen LogP contribution >= 0.6 is 11.6 Å². The van der Waals surface area contributed by atoms with E-state index in [4.69, 9.17) is 21.4 Å². The van der Waals surface area contributed by atoms with Gasteiger partial charge in [-0.15, -0.1) is 0 Å². The molecule has 0 unspecified atom stereocenters. The molecular weight excluding hydrogens is 280 g/mol. The van der Waals surface area contributed by atoms with Crippen molar-refractivity contribution in [1.29, 1.82) is 0 Å². The molecule has 0 radical (unpaired) electrons. The Bertz CT molecular complexity index is 632. The fourth-order valence-corrected chi connectivity index (χ4v) is 1.87. The van der Waals surface area contributed by atoms with E-state index in [-0.39, 0.29) is 5.69 Å². The van der Waals surface area contributed by atoms with Crippen molar-refractivity contribution >= 4 is 23.3 Å². The number of aromatic carboxylic acids is 1.